The summed E-state index contributed by atoms with van der Waals surface area (Å²) in [6, 6.07) is 12.7. The van der Waals surface area contributed by atoms with Gasteiger partial charge in [-0.2, -0.15) is 4.98 Å². The quantitative estimate of drug-likeness (QED) is 0.526. The van der Waals surface area contributed by atoms with Crippen molar-refractivity contribution in [1.29, 1.82) is 0 Å². The molecular formula is C17H12N4O3S. The Morgan fingerprint density at radius 2 is 1.84 bits per heavy atom. The molecule has 0 atom stereocenters. The lowest BCUT2D eigenvalue weighted by Gasteiger charge is -2.07. The van der Waals surface area contributed by atoms with Crippen molar-refractivity contribution in [3.05, 3.63) is 86.8 Å². The maximum Gasteiger partial charge on any atom is 0.320 e. The molecule has 1 aromatic carbocycles. The maximum absolute atomic E-state index is 12.3. The molecule has 3 aromatic heterocycles. The van der Waals surface area contributed by atoms with Crippen LogP contribution >= 0.6 is 11.3 Å². The second kappa shape index (κ2) is 6.33. The lowest BCUT2D eigenvalue weighted by Crippen LogP contribution is -2.40. The Balaban J connectivity index is 1.65. The van der Waals surface area contributed by atoms with Crippen LogP contribution in [0.5, 0.6) is 0 Å². The smallest absolute Gasteiger partial charge is 0.320 e. The fourth-order valence-corrected chi connectivity index (χ4v) is 3.04. The average molecular weight is 352 g/mol. The molecule has 0 unspecified atom stereocenters. The van der Waals surface area contributed by atoms with Crippen molar-refractivity contribution in [1.82, 2.24) is 19.3 Å². The van der Waals surface area contributed by atoms with Crippen LogP contribution in [-0.2, 0) is 6.54 Å². The maximum atomic E-state index is 12.3. The Labute approximate surface area is 145 Å². The highest BCUT2D eigenvalue weighted by Gasteiger charge is 2.12. The molecular weight excluding hydrogens is 340 g/mol. The Bertz CT molecular complexity index is 1110. The number of aromatic nitrogens is 4. The van der Waals surface area contributed by atoms with Crippen LogP contribution in [-0.4, -0.2) is 19.3 Å². The summed E-state index contributed by atoms with van der Waals surface area (Å²) in [7, 11) is 0. The van der Waals surface area contributed by atoms with E-state index in [9.17, 15) is 9.59 Å². The lowest BCUT2D eigenvalue weighted by atomic mass is 10.3. The molecule has 124 valence electrons. The molecule has 0 aliphatic heterocycles. The Hall–Kier alpha value is -3.26. The molecule has 0 bridgehead atoms. The van der Waals surface area contributed by atoms with Gasteiger partial charge in [0, 0.05) is 18.1 Å². The van der Waals surface area contributed by atoms with Gasteiger partial charge in [-0.05, 0) is 23.6 Å². The number of nitrogens with zero attached hydrogens (tertiary/aromatic N) is 4. The third kappa shape index (κ3) is 2.94. The fourth-order valence-electron chi connectivity index (χ4n) is 2.40. The first-order chi connectivity index (χ1) is 12.2. The molecule has 4 rings (SSSR count). The van der Waals surface area contributed by atoms with Crippen LogP contribution in [0, 0.1) is 0 Å². The molecule has 0 radical (unpaired) electrons. The summed E-state index contributed by atoms with van der Waals surface area (Å²) in [5.74, 6) is 0.734. The number of thiophene rings is 1. The topological polar surface area (TPSA) is 82.9 Å². The van der Waals surface area contributed by atoms with Crippen LogP contribution < -0.4 is 11.1 Å². The summed E-state index contributed by atoms with van der Waals surface area (Å²) in [5.41, 5.74) is -0.650. The van der Waals surface area contributed by atoms with E-state index in [4.69, 9.17) is 4.52 Å². The van der Waals surface area contributed by atoms with E-state index in [0.717, 1.165) is 4.88 Å². The summed E-state index contributed by atoms with van der Waals surface area (Å²) in [5, 5.41) is 5.81. The van der Waals surface area contributed by atoms with Gasteiger partial charge in [-0.25, -0.2) is 0 Å². The highest BCUT2D eigenvalue weighted by Crippen LogP contribution is 2.21. The summed E-state index contributed by atoms with van der Waals surface area (Å²) >= 11 is 1.49. The first-order valence-electron chi connectivity index (χ1n) is 7.46. The minimum absolute atomic E-state index is 0.0437. The van der Waals surface area contributed by atoms with E-state index in [1.165, 1.54) is 26.7 Å². The molecule has 0 saturated carbocycles. The van der Waals surface area contributed by atoms with E-state index < -0.39 is 11.1 Å². The molecule has 7 nitrogen and oxygen atoms in total. The molecule has 0 saturated heterocycles. The first kappa shape index (κ1) is 15.3. The summed E-state index contributed by atoms with van der Waals surface area (Å²) in [6.07, 6.45) is 3.08. The molecule has 4 aromatic rings. The van der Waals surface area contributed by atoms with Gasteiger partial charge in [-0.1, -0.05) is 29.4 Å². The van der Waals surface area contributed by atoms with Gasteiger partial charge in [0.1, 0.15) is 6.54 Å². The number of hydrogen-bond donors (Lipinski definition) is 0. The SMILES string of the molecule is O=c1c(=O)n(-c2ccccc2)ccn1Cc1nc(-c2cccs2)no1. The van der Waals surface area contributed by atoms with Crippen LogP contribution in [0.1, 0.15) is 5.89 Å². The Morgan fingerprint density at radius 1 is 1.00 bits per heavy atom. The van der Waals surface area contributed by atoms with Crippen molar-refractivity contribution in [3.63, 3.8) is 0 Å². The predicted molar refractivity (Wildman–Crippen MR) is 93.0 cm³/mol. The molecule has 8 heteroatoms. The first-order valence-corrected chi connectivity index (χ1v) is 8.34. The van der Waals surface area contributed by atoms with Gasteiger partial charge in [0.2, 0.25) is 11.7 Å². The van der Waals surface area contributed by atoms with Gasteiger partial charge < -0.3 is 4.52 Å². The average Bonchev–Trinajstić information content (AvgIpc) is 3.31. The Morgan fingerprint density at radius 3 is 2.60 bits per heavy atom. The molecule has 3 heterocycles. The van der Waals surface area contributed by atoms with Crippen molar-refractivity contribution in [2.75, 3.05) is 0 Å². The van der Waals surface area contributed by atoms with Crippen molar-refractivity contribution in [3.8, 4) is 16.4 Å². The molecule has 0 N–H and O–H groups in total. The number of hydrogen-bond acceptors (Lipinski definition) is 6. The third-order valence-corrected chi connectivity index (χ3v) is 4.47. The van der Waals surface area contributed by atoms with E-state index >= 15 is 0 Å². The molecule has 0 amide bonds. The summed E-state index contributed by atoms with van der Waals surface area (Å²) in [4.78, 5) is 29.8. The van der Waals surface area contributed by atoms with E-state index in [1.54, 1.807) is 30.5 Å². The second-order valence-electron chi connectivity index (χ2n) is 5.23. The monoisotopic (exact) mass is 352 g/mol. The summed E-state index contributed by atoms with van der Waals surface area (Å²) < 4.78 is 7.75. The van der Waals surface area contributed by atoms with E-state index in [-0.39, 0.29) is 12.4 Å². The second-order valence-corrected chi connectivity index (χ2v) is 6.18. The zero-order valence-corrected chi connectivity index (χ0v) is 13.7. The van der Waals surface area contributed by atoms with Gasteiger partial charge in [-0.3, -0.25) is 18.7 Å². The minimum atomic E-state index is -0.651. The minimum Gasteiger partial charge on any atom is -0.337 e. The molecule has 0 aliphatic carbocycles. The summed E-state index contributed by atoms with van der Waals surface area (Å²) in [6.45, 7) is 0.0437. The van der Waals surface area contributed by atoms with Crippen molar-refractivity contribution < 1.29 is 4.52 Å². The van der Waals surface area contributed by atoms with Crippen LogP contribution in [0.25, 0.3) is 16.4 Å². The van der Waals surface area contributed by atoms with Crippen LogP contribution in [0.3, 0.4) is 0 Å². The van der Waals surface area contributed by atoms with E-state index in [0.29, 0.717) is 11.5 Å². The fraction of sp³-hybridized carbons (Fsp3) is 0.0588. The van der Waals surface area contributed by atoms with Crippen molar-refractivity contribution in [2.45, 2.75) is 6.54 Å². The van der Waals surface area contributed by atoms with Gasteiger partial charge in [0.15, 0.2) is 0 Å². The predicted octanol–water partition coefficient (Wildman–Crippen LogP) is 2.16. The van der Waals surface area contributed by atoms with Gasteiger partial charge in [0.25, 0.3) is 0 Å². The third-order valence-electron chi connectivity index (χ3n) is 3.61. The largest absolute Gasteiger partial charge is 0.337 e. The number of rotatable bonds is 4. The molecule has 25 heavy (non-hydrogen) atoms. The van der Waals surface area contributed by atoms with Gasteiger partial charge in [-0.15, -0.1) is 11.3 Å². The van der Waals surface area contributed by atoms with Gasteiger partial charge in [0.05, 0.1) is 4.88 Å². The highest BCUT2D eigenvalue weighted by atomic mass is 32.1. The molecule has 0 fully saturated rings. The Kier molecular flexibility index (Phi) is 3.87. The standard InChI is InChI=1S/C17H12N4O3S/c22-16-17(23)21(12-5-2-1-3-6-12)9-8-20(16)11-14-18-15(19-24-14)13-7-4-10-25-13/h1-10H,11H2. The van der Waals surface area contributed by atoms with Crippen molar-refractivity contribution in [2.24, 2.45) is 0 Å². The van der Waals surface area contributed by atoms with Crippen molar-refractivity contribution >= 4 is 11.3 Å². The van der Waals surface area contributed by atoms with Gasteiger partial charge >= 0.3 is 11.1 Å². The lowest BCUT2D eigenvalue weighted by molar-refractivity contribution is 0.369. The molecule has 0 aliphatic rings. The zero-order valence-electron chi connectivity index (χ0n) is 12.9. The van der Waals surface area contributed by atoms with E-state index in [2.05, 4.69) is 10.1 Å². The van der Waals surface area contributed by atoms with Crippen LogP contribution in [0.4, 0.5) is 0 Å². The zero-order chi connectivity index (χ0) is 17.2. The normalized spacial score (nSPS) is 10.9. The number of benzene rings is 1. The van der Waals surface area contributed by atoms with Crippen LogP contribution in [0.2, 0.25) is 0 Å². The van der Waals surface area contributed by atoms with E-state index in [1.807, 2.05) is 23.6 Å². The molecule has 0 spiro atoms. The van der Waals surface area contributed by atoms with Crippen LogP contribution in [0.15, 0.2) is 74.4 Å². The highest BCUT2D eigenvalue weighted by molar-refractivity contribution is 7.13. The number of para-hydroxylation sites is 1.